The van der Waals surface area contributed by atoms with Crippen LogP contribution < -0.4 is 0 Å². The number of halogens is 1. The Hall–Kier alpha value is -1.88. The Kier molecular flexibility index (Phi) is 5.06. The predicted molar refractivity (Wildman–Crippen MR) is 74.5 cm³/mol. The van der Waals surface area contributed by atoms with Crippen molar-refractivity contribution in [2.45, 2.75) is 13.8 Å². The van der Waals surface area contributed by atoms with Crippen LogP contribution in [0.3, 0.4) is 0 Å². The Labute approximate surface area is 116 Å². The van der Waals surface area contributed by atoms with Crippen molar-refractivity contribution in [3.8, 4) is 0 Å². The van der Waals surface area contributed by atoms with Gasteiger partial charge in [-0.05, 0) is 19.9 Å². The number of rotatable bonds is 5. The molecule has 0 atom stereocenters. The van der Waals surface area contributed by atoms with Crippen LogP contribution in [0.2, 0.25) is 5.02 Å². The van der Waals surface area contributed by atoms with Gasteiger partial charge in [-0.2, -0.15) is 0 Å². The first kappa shape index (κ1) is 15.2. The molecular weight excluding hydrogens is 268 g/mol. The number of nitro benzene ring substituents is 1. The van der Waals surface area contributed by atoms with Crippen molar-refractivity contribution in [1.82, 2.24) is 4.90 Å². The molecule has 1 aromatic rings. The number of carbonyl (C=O) groups excluding carboxylic acids is 1. The molecule has 6 heteroatoms. The summed E-state index contributed by atoms with van der Waals surface area (Å²) >= 11 is 5.94. The minimum Gasteiger partial charge on any atom is -0.335 e. The summed E-state index contributed by atoms with van der Waals surface area (Å²) in [6.07, 6.45) is 0. The number of benzene rings is 1. The van der Waals surface area contributed by atoms with Crippen molar-refractivity contribution >= 4 is 23.2 Å². The van der Waals surface area contributed by atoms with Crippen LogP contribution in [0, 0.1) is 10.1 Å². The van der Waals surface area contributed by atoms with Gasteiger partial charge in [0.1, 0.15) is 0 Å². The van der Waals surface area contributed by atoms with E-state index in [0.717, 1.165) is 5.57 Å². The zero-order valence-corrected chi connectivity index (χ0v) is 11.6. The van der Waals surface area contributed by atoms with Crippen LogP contribution in [-0.4, -0.2) is 28.8 Å². The van der Waals surface area contributed by atoms with Gasteiger partial charge in [0.25, 0.3) is 11.6 Å². The maximum absolute atomic E-state index is 12.3. The summed E-state index contributed by atoms with van der Waals surface area (Å²) in [5.74, 6) is -0.334. The van der Waals surface area contributed by atoms with Gasteiger partial charge in [0.2, 0.25) is 0 Å². The highest BCUT2D eigenvalue weighted by Crippen LogP contribution is 2.23. The number of nitrogens with zero attached hydrogens (tertiary/aromatic N) is 2. The third kappa shape index (κ3) is 3.79. The molecule has 0 aromatic heterocycles. The molecule has 102 valence electrons. The number of hydrogen-bond donors (Lipinski definition) is 0. The number of non-ortho nitro benzene ring substituents is 1. The fourth-order valence-electron chi connectivity index (χ4n) is 1.61. The molecule has 1 aromatic carbocycles. The molecule has 0 bridgehead atoms. The molecule has 1 rings (SSSR count). The Bertz CT molecular complexity index is 529. The van der Waals surface area contributed by atoms with Crippen molar-refractivity contribution in [2.24, 2.45) is 0 Å². The van der Waals surface area contributed by atoms with E-state index in [1.807, 2.05) is 13.8 Å². The number of carbonyl (C=O) groups is 1. The van der Waals surface area contributed by atoms with E-state index in [0.29, 0.717) is 13.1 Å². The van der Waals surface area contributed by atoms with Gasteiger partial charge in [-0.15, -0.1) is 0 Å². The van der Waals surface area contributed by atoms with Crippen molar-refractivity contribution in [2.75, 3.05) is 13.1 Å². The average Bonchev–Trinajstić information content (AvgIpc) is 2.35. The number of nitro groups is 1. The first-order chi connectivity index (χ1) is 8.86. The summed E-state index contributed by atoms with van der Waals surface area (Å²) in [6, 6.07) is 3.83. The molecule has 0 aliphatic heterocycles. The highest BCUT2D eigenvalue weighted by atomic mass is 35.5. The molecule has 0 aliphatic rings. The molecule has 0 saturated carbocycles. The van der Waals surface area contributed by atoms with E-state index in [2.05, 4.69) is 6.58 Å². The maximum Gasteiger partial charge on any atom is 0.270 e. The molecule has 0 unspecified atom stereocenters. The maximum atomic E-state index is 12.3. The van der Waals surface area contributed by atoms with Crippen LogP contribution in [0.4, 0.5) is 5.69 Å². The molecular formula is C13H15ClN2O3. The summed E-state index contributed by atoms with van der Waals surface area (Å²) in [7, 11) is 0. The van der Waals surface area contributed by atoms with E-state index in [1.54, 1.807) is 0 Å². The standard InChI is InChI=1S/C13H15ClN2O3/c1-4-15(8-9(2)3)13(17)11-7-10(16(18)19)5-6-12(11)14/h5-7H,2,4,8H2,1,3H3. The summed E-state index contributed by atoms with van der Waals surface area (Å²) in [6.45, 7) is 8.26. The zero-order chi connectivity index (χ0) is 14.6. The summed E-state index contributed by atoms with van der Waals surface area (Å²) in [4.78, 5) is 24.0. The van der Waals surface area contributed by atoms with Gasteiger partial charge >= 0.3 is 0 Å². The SMILES string of the molecule is C=C(C)CN(CC)C(=O)c1cc([N+](=O)[O-])ccc1Cl. The summed E-state index contributed by atoms with van der Waals surface area (Å²) in [5, 5.41) is 10.9. The quantitative estimate of drug-likeness (QED) is 0.473. The highest BCUT2D eigenvalue weighted by molar-refractivity contribution is 6.33. The fraction of sp³-hybridized carbons (Fsp3) is 0.308. The van der Waals surface area contributed by atoms with Crippen molar-refractivity contribution < 1.29 is 9.72 Å². The molecule has 0 N–H and O–H groups in total. The van der Waals surface area contributed by atoms with E-state index >= 15 is 0 Å². The van der Waals surface area contributed by atoms with E-state index in [4.69, 9.17) is 11.6 Å². The number of amides is 1. The second-order valence-corrected chi connectivity index (χ2v) is 4.60. The lowest BCUT2D eigenvalue weighted by atomic mass is 10.1. The Morgan fingerprint density at radius 2 is 2.16 bits per heavy atom. The highest BCUT2D eigenvalue weighted by Gasteiger charge is 2.20. The lowest BCUT2D eigenvalue weighted by molar-refractivity contribution is -0.384. The van der Waals surface area contributed by atoms with Crippen LogP contribution in [0.15, 0.2) is 30.4 Å². The minimum absolute atomic E-state index is 0.138. The van der Waals surface area contributed by atoms with Gasteiger partial charge in [0.15, 0.2) is 0 Å². The van der Waals surface area contributed by atoms with Gasteiger partial charge in [-0.3, -0.25) is 14.9 Å². The van der Waals surface area contributed by atoms with Crippen molar-refractivity contribution in [3.63, 3.8) is 0 Å². The van der Waals surface area contributed by atoms with Gasteiger partial charge in [-0.25, -0.2) is 0 Å². The smallest absolute Gasteiger partial charge is 0.270 e. The van der Waals surface area contributed by atoms with E-state index < -0.39 is 4.92 Å². The monoisotopic (exact) mass is 282 g/mol. The second-order valence-electron chi connectivity index (χ2n) is 4.20. The van der Waals surface area contributed by atoms with E-state index in [-0.39, 0.29) is 22.2 Å². The van der Waals surface area contributed by atoms with Crippen LogP contribution in [-0.2, 0) is 0 Å². The zero-order valence-electron chi connectivity index (χ0n) is 10.9. The van der Waals surface area contributed by atoms with E-state index in [9.17, 15) is 14.9 Å². The van der Waals surface area contributed by atoms with Gasteiger partial charge < -0.3 is 4.90 Å². The normalized spacial score (nSPS) is 10.1. The first-order valence-corrected chi connectivity index (χ1v) is 6.12. The van der Waals surface area contributed by atoms with Crippen LogP contribution in [0.1, 0.15) is 24.2 Å². The number of hydrogen-bond acceptors (Lipinski definition) is 3. The summed E-state index contributed by atoms with van der Waals surface area (Å²) < 4.78 is 0. The van der Waals surface area contributed by atoms with Crippen LogP contribution in [0.5, 0.6) is 0 Å². The van der Waals surface area contributed by atoms with Gasteiger partial charge in [0.05, 0.1) is 15.5 Å². The van der Waals surface area contributed by atoms with Crippen molar-refractivity contribution in [3.05, 3.63) is 51.1 Å². The average molecular weight is 283 g/mol. The third-order valence-electron chi connectivity index (χ3n) is 2.52. The van der Waals surface area contributed by atoms with E-state index in [1.165, 1.54) is 23.1 Å². The largest absolute Gasteiger partial charge is 0.335 e. The molecule has 19 heavy (non-hydrogen) atoms. The lowest BCUT2D eigenvalue weighted by Gasteiger charge is -2.21. The molecule has 0 fully saturated rings. The molecule has 0 heterocycles. The van der Waals surface area contributed by atoms with Crippen LogP contribution in [0.25, 0.3) is 0 Å². The summed E-state index contributed by atoms with van der Waals surface area (Å²) in [5.41, 5.74) is 0.815. The molecule has 0 radical (unpaired) electrons. The Balaban J connectivity index is 3.13. The lowest BCUT2D eigenvalue weighted by Crippen LogP contribution is -2.32. The van der Waals surface area contributed by atoms with Gasteiger partial charge in [-0.1, -0.05) is 23.8 Å². The van der Waals surface area contributed by atoms with Crippen LogP contribution >= 0.6 is 11.6 Å². The minimum atomic E-state index is -0.553. The second kappa shape index (κ2) is 6.33. The van der Waals surface area contributed by atoms with Crippen molar-refractivity contribution in [1.29, 1.82) is 0 Å². The topological polar surface area (TPSA) is 63.5 Å². The predicted octanol–water partition coefficient (Wildman–Crippen LogP) is 3.29. The Morgan fingerprint density at radius 3 is 2.63 bits per heavy atom. The molecule has 5 nitrogen and oxygen atoms in total. The molecule has 1 amide bonds. The van der Waals surface area contributed by atoms with Gasteiger partial charge in [0, 0.05) is 25.2 Å². The molecule has 0 saturated heterocycles. The Morgan fingerprint density at radius 1 is 1.53 bits per heavy atom. The number of likely N-dealkylation sites (N-methyl/N-ethyl adjacent to an activating group) is 1. The third-order valence-corrected chi connectivity index (χ3v) is 2.85. The molecule has 0 spiro atoms. The molecule has 0 aliphatic carbocycles. The fourth-order valence-corrected chi connectivity index (χ4v) is 1.81. The first-order valence-electron chi connectivity index (χ1n) is 5.74.